The predicted molar refractivity (Wildman–Crippen MR) is 67.9 cm³/mol. The number of methoxy groups -OCH3 is 1. The van der Waals surface area contributed by atoms with E-state index in [9.17, 15) is 4.79 Å². The van der Waals surface area contributed by atoms with Crippen molar-refractivity contribution in [2.45, 2.75) is 0 Å². The molecule has 0 radical (unpaired) electrons. The fraction of sp³-hybridized carbons (Fsp3) is 0.250. The first-order valence-electron chi connectivity index (χ1n) is 4.77. The third kappa shape index (κ3) is 3.38. The highest BCUT2D eigenvalue weighted by molar-refractivity contribution is 9.10. The molecule has 0 aromatic heterocycles. The Morgan fingerprint density at radius 2 is 2.12 bits per heavy atom. The molecule has 0 aliphatic heterocycles. The van der Waals surface area contributed by atoms with Gasteiger partial charge in [-0.3, -0.25) is 4.79 Å². The number of halogens is 1. The number of carbonyl (C=O) groups is 1. The lowest BCUT2D eigenvalue weighted by molar-refractivity contribution is 0.104. The van der Waals surface area contributed by atoms with Crippen molar-refractivity contribution in [3.63, 3.8) is 0 Å². The lowest BCUT2D eigenvalue weighted by atomic mass is 10.1. The van der Waals surface area contributed by atoms with Gasteiger partial charge in [-0.1, -0.05) is 0 Å². The summed E-state index contributed by atoms with van der Waals surface area (Å²) in [5.41, 5.74) is 0.624. The van der Waals surface area contributed by atoms with Crippen molar-refractivity contribution in [1.29, 1.82) is 0 Å². The lowest BCUT2D eigenvalue weighted by Gasteiger charge is -2.05. The number of hydrogen-bond acceptors (Lipinski definition) is 3. The topological polar surface area (TPSA) is 29.5 Å². The van der Waals surface area contributed by atoms with Crippen LogP contribution in [0.25, 0.3) is 0 Å². The second-order valence-corrected chi connectivity index (χ2v) is 4.34. The summed E-state index contributed by atoms with van der Waals surface area (Å²) in [4.78, 5) is 13.6. The highest BCUT2D eigenvalue weighted by Gasteiger charge is 2.07. The molecule has 0 bridgehead atoms. The summed E-state index contributed by atoms with van der Waals surface area (Å²) in [6.07, 6.45) is 3.26. The molecular formula is C12H14BrNO2. The quantitative estimate of drug-likeness (QED) is 0.629. The molecule has 1 aromatic rings. The van der Waals surface area contributed by atoms with Gasteiger partial charge in [0.05, 0.1) is 7.11 Å². The van der Waals surface area contributed by atoms with Gasteiger partial charge in [-0.05, 0) is 34.1 Å². The van der Waals surface area contributed by atoms with Gasteiger partial charge >= 0.3 is 0 Å². The van der Waals surface area contributed by atoms with Crippen LogP contribution in [0.15, 0.2) is 34.9 Å². The number of nitrogens with zero attached hydrogens (tertiary/aromatic N) is 1. The van der Waals surface area contributed by atoms with Crippen LogP contribution in [0, 0.1) is 0 Å². The SMILES string of the molecule is COc1ccc(C(=O)/C=C/N(C)C)c(Br)c1. The number of carbonyl (C=O) groups excluding carboxylic acids is 1. The average Bonchev–Trinajstić information content (AvgIpc) is 2.25. The molecule has 3 nitrogen and oxygen atoms in total. The number of benzene rings is 1. The van der Waals surface area contributed by atoms with Crippen LogP contribution >= 0.6 is 15.9 Å². The zero-order valence-corrected chi connectivity index (χ0v) is 11.1. The van der Waals surface area contributed by atoms with Gasteiger partial charge in [0.15, 0.2) is 5.78 Å². The van der Waals surface area contributed by atoms with Crippen LogP contribution < -0.4 is 4.74 Å². The molecule has 0 unspecified atom stereocenters. The van der Waals surface area contributed by atoms with Crippen LogP contribution in [-0.4, -0.2) is 31.9 Å². The Bertz CT molecular complexity index is 413. The van der Waals surface area contributed by atoms with Gasteiger partial charge in [0.1, 0.15) is 5.75 Å². The maximum Gasteiger partial charge on any atom is 0.188 e. The molecule has 0 amide bonds. The molecule has 0 aliphatic carbocycles. The first kappa shape index (κ1) is 12.8. The van der Waals surface area contributed by atoms with Gasteiger partial charge in [0.2, 0.25) is 0 Å². The normalized spacial score (nSPS) is 10.5. The van der Waals surface area contributed by atoms with E-state index in [0.29, 0.717) is 5.56 Å². The van der Waals surface area contributed by atoms with Crippen molar-refractivity contribution in [3.8, 4) is 5.75 Å². The van der Waals surface area contributed by atoms with E-state index >= 15 is 0 Å². The average molecular weight is 284 g/mol. The molecule has 4 heteroatoms. The smallest absolute Gasteiger partial charge is 0.188 e. The Hall–Kier alpha value is -1.29. The largest absolute Gasteiger partial charge is 0.497 e. The molecule has 0 heterocycles. The molecular weight excluding hydrogens is 270 g/mol. The minimum Gasteiger partial charge on any atom is -0.497 e. The van der Waals surface area contributed by atoms with Crippen molar-refractivity contribution >= 4 is 21.7 Å². The van der Waals surface area contributed by atoms with Crippen molar-refractivity contribution in [2.75, 3.05) is 21.2 Å². The van der Waals surface area contributed by atoms with Crippen molar-refractivity contribution < 1.29 is 9.53 Å². The fourth-order valence-corrected chi connectivity index (χ4v) is 1.68. The molecule has 0 fully saturated rings. The molecule has 1 aromatic carbocycles. The second kappa shape index (κ2) is 5.70. The zero-order valence-electron chi connectivity index (χ0n) is 9.53. The molecule has 0 saturated heterocycles. The van der Waals surface area contributed by atoms with Crippen molar-refractivity contribution in [1.82, 2.24) is 4.90 Å². The highest BCUT2D eigenvalue weighted by atomic mass is 79.9. The van der Waals surface area contributed by atoms with Gasteiger partial charge in [-0.2, -0.15) is 0 Å². The Morgan fingerprint density at radius 3 is 2.62 bits per heavy atom. The van der Waals surface area contributed by atoms with Crippen LogP contribution in [0.3, 0.4) is 0 Å². The van der Waals surface area contributed by atoms with E-state index in [1.165, 1.54) is 6.08 Å². The zero-order chi connectivity index (χ0) is 12.1. The summed E-state index contributed by atoms with van der Waals surface area (Å²) in [6, 6.07) is 5.28. The Kier molecular flexibility index (Phi) is 4.55. The Morgan fingerprint density at radius 1 is 1.44 bits per heavy atom. The van der Waals surface area contributed by atoms with Crippen LogP contribution in [0.2, 0.25) is 0 Å². The third-order valence-electron chi connectivity index (χ3n) is 1.97. The van der Waals surface area contributed by atoms with E-state index in [1.54, 1.807) is 31.5 Å². The summed E-state index contributed by atoms with van der Waals surface area (Å²) in [5, 5.41) is 0. The van der Waals surface area contributed by atoms with Crippen LogP contribution in [-0.2, 0) is 0 Å². The number of ether oxygens (including phenoxy) is 1. The molecule has 1 rings (SSSR count). The Balaban J connectivity index is 2.92. The van der Waals surface area contributed by atoms with Crippen molar-refractivity contribution in [2.24, 2.45) is 0 Å². The summed E-state index contributed by atoms with van der Waals surface area (Å²) >= 11 is 3.35. The standard InChI is InChI=1S/C12H14BrNO2/c1-14(2)7-6-12(15)10-5-4-9(16-3)8-11(10)13/h4-8H,1-3H3/b7-6+. The summed E-state index contributed by atoms with van der Waals surface area (Å²) < 4.78 is 5.80. The summed E-state index contributed by atoms with van der Waals surface area (Å²) in [5.74, 6) is 0.684. The van der Waals surface area contributed by atoms with E-state index in [0.717, 1.165) is 10.2 Å². The monoisotopic (exact) mass is 283 g/mol. The van der Waals surface area contributed by atoms with Gasteiger partial charge in [-0.25, -0.2) is 0 Å². The number of hydrogen-bond donors (Lipinski definition) is 0. The van der Waals surface area contributed by atoms with Gasteiger partial charge in [0, 0.05) is 36.4 Å². The molecule has 0 atom stereocenters. The van der Waals surface area contributed by atoms with E-state index < -0.39 is 0 Å². The molecule has 0 N–H and O–H groups in total. The lowest BCUT2D eigenvalue weighted by Crippen LogP contribution is -2.03. The first-order valence-corrected chi connectivity index (χ1v) is 5.56. The predicted octanol–water partition coefficient (Wildman–Crippen LogP) is 2.72. The van der Waals surface area contributed by atoms with Crippen LogP contribution in [0.4, 0.5) is 0 Å². The van der Waals surface area contributed by atoms with Crippen LogP contribution in [0.1, 0.15) is 10.4 Å². The summed E-state index contributed by atoms with van der Waals surface area (Å²) in [7, 11) is 5.33. The number of ketones is 1. The summed E-state index contributed by atoms with van der Waals surface area (Å²) in [6.45, 7) is 0. The first-order chi connectivity index (χ1) is 7.54. The fourth-order valence-electron chi connectivity index (χ4n) is 1.13. The molecule has 0 aliphatic rings. The van der Waals surface area contributed by atoms with Crippen LogP contribution in [0.5, 0.6) is 5.75 Å². The minimum absolute atomic E-state index is 0.0387. The number of rotatable bonds is 4. The van der Waals surface area contributed by atoms with E-state index in [2.05, 4.69) is 15.9 Å². The van der Waals surface area contributed by atoms with Gasteiger partial charge < -0.3 is 9.64 Å². The third-order valence-corrected chi connectivity index (χ3v) is 2.62. The highest BCUT2D eigenvalue weighted by Crippen LogP contribution is 2.23. The second-order valence-electron chi connectivity index (χ2n) is 3.49. The maximum absolute atomic E-state index is 11.8. The van der Waals surface area contributed by atoms with Gasteiger partial charge in [0.25, 0.3) is 0 Å². The minimum atomic E-state index is -0.0387. The molecule has 86 valence electrons. The molecule has 16 heavy (non-hydrogen) atoms. The van der Waals surface area contributed by atoms with E-state index in [1.807, 2.05) is 19.0 Å². The van der Waals surface area contributed by atoms with E-state index in [-0.39, 0.29) is 5.78 Å². The number of allylic oxidation sites excluding steroid dienone is 1. The van der Waals surface area contributed by atoms with Gasteiger partial charge in [-0.15, -0.1) is 0 Å². The van der Waals surface area contributed by atoms with E-state index in [4.69, 9.17) is 4.74 Å². The maximum atomic E-state index is 11.8. The van der Waals surface area contributed by atoms with Crippen molar-refractivity contribution in [3.05, 3.63) is 40.5 Å². The molecule has 0 spiro atoms. The molecule has 0 saturated carbocycles. The Labute approximate surface area is 104 Å².